The molecule has 6 heteroatoms. The quantitative estimate of drug-likeness (QED) is 0.762. The minimum Gasteiger partial charge on any atom is -0.478 e. The Kier molecular flexibility index (Phi) is 3.42. The summed E-state index contributed by atoms with van der Waals surface area (Å²) in [5.74, 6) is -0.352. The van der Waals surface area contributed by atoms with Crippen molar-refractivity contribution in [2.45, 2.75) is 6.54 Å². The molecule has 0 aliphatic heterocycles. The molecule has 1 aromatic carbocycles. The Balaban J connectivity index is 1.96. The maximum Gasteiger partial charge on any atom is 0.337 e. The summed E-state index contributed by atoms with van der Waals surface area (Å²) in [7, 11) is 0. The van der Waals surface area contributed by atoms with Crippen molar-refractivity contribution < 1.29 is 9.90 Å². The predicted octanol–water partition coefficient (Wildman–Crippen LogP) is 2.34. The highest BCUT2D eigenvalue weighted by molar-refractivity contribution is 6.06. The van der Waals surface area contributed by atoms with Crippen LogP contribution in [0.2, 0.25) is 0 Å². The summed E-state index contributed by atoms with van der Waals surface area (Å²) in [6.45, 7) is 0.492. The molecule has 0 saturated heterocycles. The van der Waals surface area contributed by atoms with Crippen molar-refractivity contribution in [1.82, 2.24) is 15.0 Å². The molecule has 0 aliphatic rings. The zero-order chi connectivity index (χ0) is 14.7. The third-order valence-electron chi connectivity index (χ3n) is 3.11. The fourth-order valence-corrected chi connectivity index (χ4v) is 2.10. The molecule has 2 N–H and O–H groups in total. The molecular weight excluding hydrogens is 268 g/mol. The lowest BCUT2D eigenvalue weighted by Gasteiger charge is -2.10. The van der Waals surface area contributed by atoms with Gasteiger partial charge < -0.3 is 10.4 Å². The van der Waals surface area contributed by atoms with Gasteiger partial charge in [0.05, 0.1) is 17.8 Å². The van der Waals surface area contributed by atoms with Gasteiger partial charge in [0, 0.05) is 23.2 Å². The summed E-state index contributed by atoms with van der Waals surface area (Å²) in [5.41, 5.74) is 1.02. The van der Waals surface area contributed by atoms with Crippen molar-refractivity contribution in [3.63, 3.8) is 0 Å². The number of carboxylic acids is 1. The molecule has 3 aromatic rings. The second kappa shape index (κ2) is 5.54. The Morgan fingerprint density at radius 1 is 1.14 bits per heavy atom. The Morgan fingerprint density at radius 3 is 2.67 bits per heavy atom. The number of carboxylic acid groups (broad SMARTS) is 1. The molecule has 2 heterocycles. The van der Waals surface area contributed by atoms with E-state index in [1.807, 2.05) is 18.2 Å². The third-order valence-corrected chi connectivity index (χ3v) is 3.11. The van der Waals surface area contributed by atoms with E-state index in [4.69, 9.17) is 0 Å². The van der Waals surface area contributed by atoms with Crippen molar-refractivity contribution >= 4 is 22.6 Å². The van der Waals surface area contributed by atoms with E-state index < -0.39 is 5.97 Å². The average Bonchev–Trinajstić information content (AvgIpc) is 2.53. The fraction of sp³-hybridized carbons (Fsp3) is 0.0667. The molecule has 21 heavy (non-hydrogen) atoms. The normalized spacial score (nSPS) is 10.5. The highest BCUT2D eigenvalue weighted by Gasteiger charge is 2.12. The number of anilines is 1. The Hall–Kier alpha value is -3.02. The largest absolute Gasteiger partial charge is 0.478 e. The van der Waals surface area contributed by atoms with Gasteiger partial charge in [-0.05, 0) is 6.07 Å². The van der Waals surface area contributed by atoms with Gasteiger partial charge >= 0.3 is 5.97 Å². The fourth-order valence-electron chi connectivity index (χ4n) is 2.10. The summed E-state index contributed by atoms with van der Waals surface area (Å²) in [6, 6.07) is 9.09. The van der Waals surface area contributed by atoms with Crippen LogP contribution in [0.3, 0.4) is 0 Å². The number of nitrogens with zero attached hydrogens (tertiary/aromatic N) is 3. The zero-order valence-electron chi connectivity index (χ0n) is 11.0. The number of aromatic nitrogens is 3. The van der Waals surface area contributed by atoms with Crippen LogP contribution in [0.4, 0.5) is 5.82 Å². The van der Waals surface area contributed by atoms with Crippen molar-refractivity contribution in [2.24, 2.45) is 0 Å². The van der Waals surface area contributed by atoms with Crippen LogP contribution in [0.25, 0.3) is 10.8 Å². The molecule has 0 bridgehead atoms. The number of aromatic carboxylic acids is 1. The summed E-state index contributed by atoms with van der Waals surface area (Å²) in [4.78, 5) is 23.4. The molecule has 0 saturated carbocycles. The van der Waals surface area contributed by atoms with Crippen molar-refractivity contribution in [3.8, 4) is 0 Å². The average molecular weight is 280 g/mol. The van der Waals surface area contributed by atoms with Gasteiger partial charge in [-0.3, -0.25) is 0 Å². The molecule has 0 radical (unpaired) electrons. The van der Waals surface area contributed by atoms with Gasteiger partial charge in [0.2, 0.25) is 0 Å². The monoisotopic (exact) mass is 280 g/mol. The minimum atomic E-state index is -0.985. The number of benzene rings is 1. The van der Waals surface area contributed by atoms with Gasteiger partial charge in [0.15, 0.2) is 0 Å². The van der Waals surface area contributed by atoms with Crippen LogP contribution < -0.4 is 5.32 Å². The molecule has 3 rings (SSSR count). The van der Waals surface area contributed by atoms with E-state index in [-0.39, 0.29) is 5.56 Å². The van der Waals surface area contributed by atoms with E-state index >= 15 is 0 Å². The van der Waals surface area contributed by atoms with Gasteiger partial charge in [0.25, 0.3) is 0 Å². The molecule has 0 spiro atoms. The lowest BCUT2D eigenvalue weighted by Crippen LogP contribution is -2.06. The predicted molar refractivity (Wildman–Crippen MR) is 78.1 cm³/mol. The lowest BCUT2D eigenvalue weighted by molar-refractivity contribution is 0.0698. The molecule has 0 atom stereocenters. The summed E-state index contributed by atoms with van der Waals surface area (Å²) in [5, 5.41) is 13.8. The van der Waals surface area contributed by atoms with E-state index in [9.17, 15) is 9.90 Å². The van der Waals surface area contributed by atoms with Crippen LogP contribution in [0.1, 0.15) is 16.1 Å². The second-order valence-corrected chi connectivity index (χ2v) is 4.43. The first-order chi connectivity index (χ1) is 10.3. The lowest BCUT2D eigenvalue weighted by atomic mass is 10.1. The van der Waals surface area contributed by atoms with E-state index in [0.717, 1.165) is 11.1 Å². The van der Waals surface area contributed by atoms with Crippen LogP contribution in [0.15, 0.2) is 49.1 Å². The SMILES string of the molecule is O=C(O)c1cnc(NCc2ccncn2)c2ccccc12. The first kappa shape index (κ1) is 13.0. The summed E-state index contributed by atoms with van der Waals surface area (Å²) < 4.78 is 0. The second-order valence-electron chi connectivity index (χ2n) is 4.43. The number of hydrogen-bond acceptors (Lipinski definition) is 5. The first-order valence-corrected chi connectivity index (χ1v) is 6.35. The topological polar surface area (TPSA) is 88.0 Å². The van der Waals surface area contributed by atoms with E-state index in [1.165, 1.54) is 12.5 Å². The van der Waals surface area contributed by atoms with Crippen LogP contribution in [0, 0.1) is 0 Å². The van der Waals surface area contributed by atoms with Crippen LogP contribution in [0.5, 0.6) is 0 Å². The summed E-state index contributed by atoms with van der Waals surface area (Å²) >= 11 is 0. The number of carbonyl (C=O) groups is 1. The Labute approximate surface area is 120 Å². The van der Waals surface area contributed by atoms with Crippen molar-refractivity contribution in [1.29, 1.82) is 0 Å². The number of hydrogen-bond donors (Lipinski definition) is 2. The Bertz CT molecular complexity index is 790. The number of rotatable bonds is 4. The number of nitrogens with one attached hydrogen (secondary N) is 1. The highest BCUT2D eigenvalue weighted by Crippen LogP contribution is 2.24. The van der Waals surface area contributed by atoms with E-state index in [1.54, 1.807) is 18.3 Å². The van der Waals surface area contributed by atoms with Gasteiger partial charge in [-0.2, -0.15) is 0 Å². The molecule has 104 valence electrons. The van der Waals surface area contributed by atoms with Crippen LogP contribution in [-0.4, -0.2) is 26.0 Å². The number of fused-ring (bicyclic) bond motifs is 1. The summed E-state index contributed by atoms with van der Waals surface area (Å²) in [6.07, 6.45) is 4.52. The van der Waals surface area contributed by atoms with Crippen LogP contribution in [-0.2, 0) is 6.54 Å². The molecule has 6 nitrogen and oxygen atoms in total. The van der Waals surface area contributed by atoms with E-state index in [2.05, 4.69) is 20.3 Å². The molecule has 2 aromatic heterocycles. The smallest absolute Gasteiger partial charge is 0.337 e. The van der Waals surface area contributed by atoms with Gasteiger partial charge in [-0.1, -0.05) is 24.3 Å². The first-order valence-electron chi connectivity index (χ1n) is 6.35. The van der Waals surface area contributed by atoms with Crippen molar-refractivity contribution in [2.75, 3.05) is 5.32 Å². The van der Waals surface area contributed by atoms with Gasteiger partial charge in [0.1, 0.15) is 12.1 Å². The molecule has 0 unspecified atom stereocenters. The maximum atomic E-state index is 11.2. The number of pyridine rings is 1. The van der Waals surface area contributed by atoms with Gasteiger partial charge in [-0.15, -0.1) is 0 Å². The molecule has 0 fully saturated rings. The Morgan fingerprint density at radius 2 is 1.95 bits per heavy atom. The molecule has 0 aliphatic carbocycles. The van der Waals surface area contributed by atoms with Crippen LogP contribution >= 0.6 is 0 Å². The maximum absolute atomic E-state index is 11.2. The minimum absolute atomic E-state index is 0.193. The van der Waals surface area contributed by atoms with Crippen molar-refractivity contribution in [3.05, 3.63) is 60.3 Å². The molecule has 0 amide bonds. The van der Waals surface area contributed by atoms with Gasteiger partial charge in [-0.25, -0.2) is 19.7 Å². The highest BCUT2D eigenvalue weighted by atomic mass is 16.4. The molecular formula is C15H12N4O2. The third kappa shape index (κ3) is 2.64. The standard InChI is InChI=1S/C15H12N4O2/c20-15(21)13-8-18-14(12-4-2-1-3-11(12)13)17-7-10-5-6-16-9-19-10/h1-6,8-9H,7H2,(H,17,18)(H,20,21). The zero-order valence-corrected chi connectivity index (χ0v) is 11.0. The van der Waals surface area contributed by atoms with E-state index in [0.29, 0.717) is 17.7 Å².